The first-order valence-corrected chi connectivity index (χ1v) is 4.65. The van der Waals surface area contributed by atoms with Gasteiger partial charge in [0.15, 0.2) is 0 Å². The van der Waals surface area contributed by atoms with Gasteiger partial charge in [-0.3, -0.25) is 0 Å². The number of hydrogen-bond donors (Lipinski definition) is 2. The molecule has 0 amide bonds. The molecule has 0 spiro atoms. The molecule has 0 aromatic carbocycles. The Morgan fingerprint density at radius 2 is 2.36 bits per heavy atom. The van der Waals surface area contributed by atoms with Crippen LogP contribution in [0.25, 0.3) is 0 Å². The molecule has 0 radical (unpaired) electrons. The fraction of sp³-hybridized carbons (Fsp3) is 0.333. The average molecular weight is 212 g/mol. The molecule has 1 aromatic rings. The van der Waals surface area contributed by atoms with Crippen molar-refractivity contribution >= 4 is 17.2 Å². The maximum absolute atomic E-state index is 8.55. The lowest BCUT2D eigenvalue weighted by Gasteiger charge is -2.04. The van der Waals surface area contributed by atoms with E-state index in [2.05, 4.69) is 4.98 Å². The second kappa shape index (κ2) is 5.51. The fourth-order valence-electron chi connectivity index (χ4n) is 0.874. The Balaban J connectivity index is 2.59. The number of rotatable bonds is 5. The Kier molecular flexibility index (Phi) is 4.28. The van der Waals surface area contributed by atoms with Gasteiger partial charge in [0.2, 0.25) is 5.88 Å². The van der Waals surface area contributed by atoms with Crippen LogP contribution in [0.3, 0.4) is 0 Å². The van der Waals surface area contributed by atoms with Crippen LogP contribution in [0.5, 0.6) is 5.88 Å². The molecule has 3 N–H and O–H groups in total. The minimum absolute atomic E-state index is 0.106. The van der Waals surface area contributed by atoms with Gasteiger partial charge in [0.1, 0.15) is 10.7 Å². The van der Waals surface area contributed by atoms with Crippen LogP contribution < -0.4 is 10.5 Å². The number of aromatic nitrogens is 1. The largest absolute Gasteiger partial charge is 0.478 e. The highest BCUT2D eigenvalue weighted by molar-refractivity contribution is 7.80. The Morgan fingerprint density at radius 1 is 1.57 bits per heavy atom. The number of aliphatic hydroxyl groups is 1. The van der Waals surface area contributed by atoms with Gasteiger partial charge in [-0.15, -0.1) is 0 Å². The Labute approximate surface area is 87.7 Å². The molecular weight excluding hydrogens is 200 g/mol. The summed E-state index contributed by atoms with van der Waals surface area (Å²) in [5, 5.41) is 8.55. The topological polar surface area (TPSA) is 68.4 Å². The van der Waals surface area contributed by atoms with Gasteiger partial charge >= 0.3 is 0 Å². The molecule has 1 rings (SSSR count). The standard InChI is InChI=1S/C9H12N2O2S/c10-9(14)7-3-1-4-8(11-7)13-6-2-5-12/h1,3-4,12H,2,5-6H2,(H2,10,14). The first-order chi connectivity index (χ1) is 6.74. The van der Waals surface area contributed by atoms with Gasteiger partial charge in [0.05, 0.1) is 6.61 Å². The minimum atomic E-state index is 0.106. The van der Waals surface area contributed by atoms with E-state index in [-0.39, 0.29) is 11.6 Å². The summed E-state index contributed by atoms with van der Waals surface area (Å²) in [6, 6.07) is 5.22. The Bertz CT molecular complexity index is 317. The summed E-state index contributed by atoms with van der Waals surface area (Å²) in [5.41, 5.74) is 5.95. The van der Waals surface area contributed by atoms with Crippen LogP contribution >= 0.6 is 12.2 Å². The number of aliphatic hydroxyl groups excluding tert-OH is 1. The third-order valence-electron chi connectivity index (χ3n) is 1.53. The van der Waals surface area contributed by atoms with E-state index in [1.165, 1.54) is 0 Å². The third-order valence-corrected chi connectivity index (χ3v) is 1.74. The SMILES string of the molecule is NC(=S)c1cccc(OCCCO)n1. The lowest BCUT2D eigenvalue weighted by molar-refractivity contribution is 0.229. The predicted molar refractivity (Wildman–Crippen MR) is 57.3 cm³/mol. The molecule has 1 aromatic heterocycles. The third kappa shape index (κ3) is 3.27. The van der Waals surface area contributed by atoms with Crippen molar-refractivity contribution in [2.45, 2.75) is 6.42 Å². The first kappa shape index (κ1) is 10.9. The van der Waals surface area contributed by atoms with Crippen molar-refractivity contribution in [3.8, 4) is 5.88 Å². The van der Waals surface area contributed by atoms with Crippen molar-refractivity contribution < 1.29 is 9.84 Å². The quantitative estimate of drug-likeness (QED) is 0.549. The summed E-state index contributed by atoms with van der Waals surface area (Å²) in [6.45, 7) is 0.541. The van der Waals surface area contributed by atoms with Crippen molar-refractivity contribution in [2.75, 3.05) is 13.2 Å². The summed E-state index contributed by atoms with van der Waals surface area (Å²) in [5.74, 6) is 0.476. The molecule has 0 bridgehead atoms. The lowest BCUT2D eigenvalue weighted by Crippen LogP contribution is -2.12. The highest BCUT2D eigenvalue weighted by Gasteiger charge is 2.00. The van der Waals surface area contributed by atoms with E-state index in [1.807, 2.05) is 0 Å². The molecule has 4 nitrogen and oxygen atoms in total. The molecule has 0 aliphatic heterocycles. The summed E-state index contributed by atoms with van der Waals surface area (Å²) >= 11 is 4.78. The molecule has 0 aliphatic carbocycles. The summed E-state index contributed by atoms with van der Waals surface area (Å²) in [6.07, 6.45) is 0.582. The van der Waals surface area contributed by atoms with Crippen LogP contribution in [0.4, 0.5) is 0 Å². The highest BCUT2D eigenvalue weighted by Crippen LogP contribution is 2.07. The van der Waals surface area contributed by atoms with Gasteiger partial charge in [-0.05, 0) is 6.07 Å². The normalized spacial score (nSPS) is 9.79. The molecule has 0 atom stereocenters. The molecule has 0 fully saturated rings. The second-order valence-corrected chi connectivity index (χ2v) is 3.09. The van der Waals surface area contributed by atoms with Crippen LogP contribution in [0, 0.1) is 0 Å². The number of ether oxygens (including phenoxy) is 1. The smallest absolute Gasteiger partial charge is 0.213 e. The van der Waals surface area contributed by atoms with E-state index < -0.39 is 0 Å². The number of hydrogen-bond acceptors (Lipinski definition) is 4. The van der Waals surface area contributed by atoms with Gasteiger partial charge in [0, 0.05) is 19.1 Å². The summed E-state index contributed by atoms with van der Waals surface area (Å²) in [7, 11) is 0. The lowest BCUT2D eigenvalue weighted by atomic mass is 10.3. The minimum Gasteiger partial charge on any atom is -0.478 e. The van der Waals surface area contributed by atoms with Crippen molar-refractivity contribution in [3.63, 3.8) is 0 Å². The fourth-order valence-corrected chi connectivity index (χ4v) is 0.987. The predicted octanol–water partition coefficient (Wildman–Crippen LogP) is 0.477. The molecule has 76 valence electrons. The van der Waals surface area contributed by atoms with E-state index in [0.717, 1.165) is 0 Å². The summed E-state index contributed by atoms with van der Waals surface area (Å²) in [4.78, 5) is 4.32. The first-order valence-electron chi connectivity index (χ1n) is 4.24. The van der Waals surface area contributed by atoms with Crippen LogP contribution in [0.2, 0.25) is 0 Å². The molecule has 0 aliphatic rings. The zero-order valence-corrected chi connectivity index (χ0v) is 8.46. The maximum atomic E-state index is 8.55. The van der Waals surface area contributed by atoms with Crippen molar-refractivity contribution in [2.24, 2.45) is 5.73 Å². The van der Waals surface area contributed by atoms with Crippen LogP contribution in [0.15, 0.2) is 18.2 Å². The molecule has 0 saturated heterocycles. The van der Waals surface area contributed by atoms with E-state index in [0.29, 0.717) is 24.6 Å². The molecular formula is C9H12N2O2S. The van der Waals surface area contributed by atoms with Crippen molar-refractivity contribution in [1.82, 2.24) is 4.98 Å². The van der Waals surface area contributed by atoms with Crippen LogP contribution in [0.1, 0.15) is 12.1 Å². The monoisotopic (exact) mass is 212 g/mol. The molecule has 0 saturated carbocycles. The van der Waals surface area contributed by atoms with Gasteiger partial charge in [-0.2, -0.15) is 0 Å². The number of nitrogens with two attached hydrogens (primary N) is 1. The highest BCUT2D eigenvalue weighted by atomic mass is 32.1. The molecule has 0 unspecified atom stereocenters. The van der Waals surface area contributed by atoms with E-state index >= 15 is 0 Å². The van der Waals surface area contributed by atoms with E-state index in [1.54, 1.807) is 18.2 Å². The van der Waals surface area contributed by atoms with E-state index in [9.17, 15) is 0 Å². The molecule has 14 heavy (non-hydrogen) atoms. The van der Waals surface area contributed by atoms with Crippen LogP contribution in [-0.4, -0.2) is 28.3 Å². The zero-order valence-electron chi connectivity index (χ0n) is 7.64. The number of nitrogens with zero attached hydrogens (tertiary/aromatic N) is 1. The molecule has 1 heterocycles. The van der Waals surface area contributed by atoms with Crippen molar-refractivity contribution in [3.05, 3.63) is 23.9 Å². The van der Waals surface area contributed by atoms with Crippen molar-refractivity contribution in [1.29, 1.82) is 0 Å². The second-order valence-electron chi connectivity index (χ2n) is 2.65. The molecule has 5 heteroatoms. The van der Waals surface area contributed by atoms with Gasteiger partial charge < -0.3 is 15.6 Å². The van der Waals surface area contributed by atoms with Crippen LogP contribution in [-0.2, 0) is 0 Å². The maximum Gasteiger partial charge on any atom is 0.213 e. The summed E-state index contributed by atoms with van der Waals surface area (Å²) < 4.78 is 5.25. The average Bonchev–Trinajstić information content (AvgIpc) is 2.19. The zero-order chi connectivity index (χ0) is 10.4. The Morgan fingerprint density at radius 3 is 3.00 bits per heavy atom. The Hall–Kier alpha value is -1.20. The number of thiocarbonyl (C=S) groups is 1. The number of pyridine rings is 1. The van der Waals surface area contributed by atoms with Gasteiger partial charge in [-0.25, -0.2) is 4.98 Å². The van der Waals surface area contributed by atoms with Gasteiger partial charge in [-0.1, -0.05) is 18.3 Å². The van der Waals surface area contributed by atoms with Gasteiger partial charge in [0.25, 0.3) is 0 Å². The van der Waals surface area contributed by atoms with E-state index in [4.69, 9.17) is 27.8 Å².